The van der Waals surface area contributed by atoms with E-state index in [1.807, 2.05) is 0 Å². The minimum Gasteiger partial charge on any atom is -0.475 e. The van der Waals surface area contributed by atoms with Crippen LogP contribution in [0.5, 0.6) is 0 Å². The maximum absolute atomic E-state index is 12.8. The number of carboxylic acid groups (broad SMARTS) is 1. The van der Waals surface area contributed by atoms with E-state index in [1.165, 1.54) is 23.1 Å². The number of anilines is 1. The van der Waals surface area contributed by atoms with Crippen molar-refractivity contribution < 1.29 is 32.9 Å². The zero-order valence-electron chi connectivity index (χ0n) is 21.9. The molecule has 1 aromatic heterocycles. The van der Waals surface area contributed by atoms with E-state index in [2.05, 4.69) is 10.1 Å². The number of alkyl halides is 6. The molecule has 234 valence electrons. The maximum Gasteiger partial charge on any atom is 0.416 e. The van der Waals surface area contributed by atoms with Crippen LogP contribution >= 0.6 is 58.0 Å². The Morgan fingerprint density at radius 2 is 1.51 bits per heavy atom. The van der Waals surface area contributed by atoms with Crippen molar-refractivity contribution in [1.82, 2.24) is 14.8 Å². The quantitative estimate of drug-likeness (QED) is 0.131. The van der Waals surface area contributed by atoms with Gasteiger partial charge in [0, 0.05) is 30.2 Å². The maximum atomic E-state index is 12.8. The van der Waals surface area contributed by atoms with E-state index in [0.29, 0.717) is 30.0 Å². The number of aromatic nitrogens is 3. The number of nitro groups is 2. The molecule has 0 aliphatic heterocycles. The molecule has 0 aliphatic carbocycles. The van der Waals surface area contributed by atoms with Gasteiger partial charge in [-0.25, -0.2) is 14.5 Å². The molecule has 3 rings (SSSR count). The summed E-state index contributed by atoms with van der Waals surface area (Å²) < 4.78 is 37.6. The van der Waals surface area contributed by atoms with Crippen molar-refractivity contribution in [2.24, 2.45) is 0 Å². The van der Waals surface area contributed by atoms with Gasteiger partial charge in [-0.05, 0) is 31.0 Å². The number of nitro benzene ring substituents is 2. The molecule has 0 bridgehead atoms. The predicted molar refractivity (Wildman–Crippen MR) is 155 cm³/mol. The molecule has 0 fully saturated rings. The van der Waals surface area contributed by atoms with Crippen molar-refractivity contribution in [3.8, 4) is 5.69 Å². The summed E-state index contributed by atoms with van der Waals surface area (Å²) in [7, 11) is 0. The molecule has 0 unspecified atom stereocenters. The van der Waals surface area contributed by atoms with Crippen LogP contribution in [0.15, 0.2) is 30.3 Å². The Labute approximate surface area is 266 Å². The van der Waals surface area contributed by atoms with Gasteiger partial charge in [-0.1, -0.05) is 71.9 Å². The fourth-order valence-electron chi connectivity index (χ4n) is 3.65. The van der Waals surface area contributed by atoms with Crippen molar-refractivity contribution in [3.05, 3.63) is 77.8 Å². The van der Waals surface area contributed by atoms with Crippen LogP contribution in [0.25, 0.3) is 5.69 Å². The van der Waals surface area contributed by atoms with Gasteiger partial charge in [0.15, 0.2) is 11.5 Å². The van der Waals surface area contributed by atoms with Crippen molar-refractivity contribution in [3.63, 3.8) is 0 Å². The number of halogens is 8. The lowest BCUT2D eigenvalue weighted by Crippen LogP contribution is -2.27. The van der Waals surface area contributed by atoms with Crippen molar-refractivity contribution >= 4 is 81.0 Å². The molecule has 12 nitrogen and oxygen atoms in total. The summed E-state index contributed by atoms with van der Waals surface area (Å²) >= 11 is 29.1. The number of rotatable bonds is 9. The molecular formula is C23H20Cl5F3N6O6. The lowest BCUT2D eigenvalue weighted by atomic mass is 10.1. The first-order chi connectivity index (χ1) is 19.8. The number of carboxylic acids is 1. The van der Waals surface area contributed by atoms with Crippen molar-refractivity contribution in [2.45, 2.75) is 36.7 Å². The molecule has 1 N–H and O–H groups in total. The third kappa shape index (κ3) is 9.19. The average molecular weight is 711 g/mol. The van der Waals surface area contributed by atoms with Crippen LogP contribution in [0.4, 0.5) is 30.2 Å². The van der Waals surface area contributed by atoms with E-state index in [9.17, 15) is 38.2 Å². The van der Waals surface area contributed by atoms with E-state index < -0.39 is 48.5 Å². The highest BCUT2D eigenvalue weighted by atomic mass is 35.6. The first-order valence-corrected chi connectivity index (χ1v) is 13.7. The second-order valence-electron chi connectivity index (χ2n) is 8.43. The molecule has 0 spiro atoms. The van der Waals surface area contributed by atoms with Gasteiger partial charge in [0.2, 0.25) is 3.79 Å². The van der Waals surface area contributed by atoms with Crippen LogP contribution < -0.4 is 4.90 Å². The molecule has 20 heteroatoms. The minimum atomic E-state index is -4.91. The number of hydrogen-bond donors (Lipinski definition) is 1. The lowest BCUT2D eigenvalue weighted by molar-refractivity contribution is -0.393. The highest BCUT2D eigenvalue weighted by molar-refractivity contribution is 6.66. The highest BCUT2D eigenvalue weighted by Gasteiger charge is 2.39. The monoisotopic (exact) mass is 708 g/mol. The summed E-state index contributed by atoms with van der Waals surface area (Å²) in [5, 5.41) is 35.6. The first-order valence-electron chi connectivity index (χ1n) is 11.8. The Kier molecular flexibility index (Phi) is 12.2. The first kappa shape index (κ1) is 36.1. The Hall–Kier alpha value is -3.11. The van der Waals surface area contributed by atoms with Gasteiger partial charge in [-0.3, -0.25) is 20.2 Å². The molecular weight excluding hydrogens is 691 g/mol. The van der Waals surface area contributed by atoms with E-state index >= 15 is 0 Å². The Bertz CT molecular complexity index is 1480. The summed E-state index contributed by atoms with van der Waals surface area (Å²) in [6.45, 7) is 4.07. The molecule has 0 saturated heterocycles. The summed E-state index contributed by atoms with van der Waals surface area (Å²) in [5.41, 5.74) is -3.32. The predicted octanol–water partition coefficient (Wildman–Crippen LogP) is 8.25. The van der Waals surface area contributed by atoms with Crippen molar-refractivity contribution in [2.75, 3.05) is 18.0 Å². The topological polar surface area (TPSA) is 158 Å². The fraction of sp³-hybridized carbons (Fsp3) is 0.348. The Balaban J connectivity index is 0.000000303. The SMILES string of the molecule is CCCN(CCC)c1c([N+](=O)[O-])cc(C(F)(F)F)cc1[N+](=O)[O-].O=C(O)c1nc(C(Cl)(Cl)Cl)n(-c2ccc(Cl)cc2Cl)n1. The van der Waals surface area contributed by atoms with Crippen molar-refractivity contribution in [1.29, 1.82) is 0 Å². The Morgan fingerprint density at radius 3 is 1.88 bits per heavy atom. The third-order valence-corrected chi connectivity index (χ3v) is 6.33. The summed E-state index contributed by atoms with van der Waals surface area (Å²) in [4.78, 5) is 36.3. The minimum absolute atomic E-state index is 0.191. The zero-order chi connectivity index (χ0) is 32.9. The average Bonchev–Trinajstić information content (AvgIpc) is 3.34. The molecule has 0 amide bonds. The third-order valence-electron chi connectivity index (χ3n) is 5.28. The molecule has 0 atom stereocenters. The van der Waals surface area contributed by atoms with Gasteiger partial charge in [-0.2, -0.15) is 13.2 Å². The largest absolute Gasteiger partial charge is 0.475 e. The summed E-state index contributed by atoms with van der Waals surface area (Å²) in [5.74, 6) is -2.06. The molecule has 3 aromatic rings. The van der Waals surface area contributed by atoms with E-state index in [4.69, 9.17) is 63.1 Å². The van der Waals surface area contributed by atoms with Crippen LogP contribution in [0.1, 0.15) is 48.7 Å². The normalized spacial score (nSPS) is 11.5. The second kappa shape index (κ2) is 14.6. The van der Waals surface area contributed by atoms with Gasteiger partial charge >= 0.3 is 12.1 Å². The standard InChI is InChI=1S/C13H16F3N3O4.C10H4Cl5N3O2/c1-3-5-17(6-4-2)12-10(18(20)21)7-9(13(14,15)16)8-11(12)19(22)23;11-4-1-2-6(5(12)3-4)18-9(10(13,14)15)16-7(17-18)8(19)20/h7-8H,3-6H2,1-2H3;1-3H,(H,19,20). The van der Waals surface area contributed by atoms with Crippen LogP contribution in [-0.2, 0) is 9.97 Å². The number of nitrogens with zero attached hydrogens (tertiary/aromatic N) is 6. The Morgan fingerprint density at radius 1 is 1.00 bits per heavy atom. The smallest absolute Gasteiger partial charge is 0.416 e. The molecule has 43 heavy (non-hydrogen) atoms. The second-order valence-corrected chi connectivity index (χ2v) is 11.6. The van der Waals surface area contributed by atoms with Crippen LogP contribution in [0, 0.1) is 20.2 Å². The molecule has 0 aliphatic rings. The van der Waals surface area contributed by atoms with Crippen LogP contribution in [-0.4, -0.2) is 48.8 Å². The summed E-state index contributed by atoms with van der Waals surface area (Å²) in [6, 6.07) is 5.18. The van der Waals surface area contributed by atoms with Gasteiger partial charge in [0.25, 0.3) is 17.2 Å². The van der Waals surface area contributed by atoms with Crippen LogP contribution in [0.2, 0.25) is 10.0 Å². The van der Waals surface area contributed by atoms with Gasteiger partial charge in [0.1, 0.15) is 0 Å². The number of aromatic carboxylic acids is 1. The molecule has 1 heterocycles. The highest BCUT2D eigenvalue weighted by Crippen LogP contribution is 2.43. The number of carbonyl (C=O) groups is 1. The van der Waals surface area contributed by atoms with Crippen LogP contribution in [0.3, 0.4) is 0 Å². The summed E-state index contributed by atoms with van der Waals surface area (Å²) in [6.07, 6.45) is -3.83. The fourth-order valence-corrected chi connectivity index (χ4v) is 4.51. The number of benzene rings is 2. The van der Waals surface area contributed by atoms with E-state index in [-0.39, 0.29) is 35.3 Å². The van der Waals surface area contributed by atoms with E-state index in [0.717, 1.165) is 4.68 Å². The lowest BCUT2D eigenvalue weighted by Gasteiger charge is -2.23. The molecule has 2 aromatic carbocycles. The van der Waals surface area contributed by atoms with E-state index in [1.54, 1.807) is 13.8 Å². The molecule has 0 saturated carbocycles. The van der Waals surface area contributed by atoms with Gasteiger partial charge in [0.05, 0.1) is 26.1 Å². The number of hydrogen-bond acceptors (Lipinski definition) is 8. The zero-order valence-corrected chi connectivity index (χ0v) is 25.7. The van der Waals surface area contributed by atoms with Gasteiger partial charge < -0.3 is 10.0 Å². The van der Waals surface area contributed by atoms with Gasteiger partial charge in [-0.15, -0.1) is 5.10 Å². The molecule has 0 radical (unpaired) electrons.